The number of nitrogens with zero attached hydrogens (tertiary/aromatic N) is 3. The molecule has 0 aromatic carbocycles. The lowest BCUT2D eigenvalue weighted by atomic mass is 9.78. The van der Waals surface area contributed by atoms with Gasteiger partial charge in [0.15, 0.2) is 0 Å². The molecule has 1 aliphatic rings. The highest BCUT2D eigenvalue weighted by Crippen LogP contribution is 2.31. The standard InChI is InChI=1S/C15H22N4/c1-10(2)13-6-4-5-7-14(13)19-15-17-11(3)8-12(9-16)18-15/h8,10,13-14H,4-7H2,1-3H3,(H,17,18,19). The Morgan fingerprint density at radius 3 is 2.74 bits per heavy atom. The van der Waals surface area contributed by atoms with Crippen molar-refractivity contribution < 1.29 is 0 Å². The van der Waals surface area contributed by atoms with Gasteiger partial charge in [-0.3, -0.25) is 0 Å². The van der Waals surface area contributed by atoms with Crippen LogP contribution in [-0.4, -0.2) is 16.0 Å². The Labute approximate surface area is 115 Å². The maximum absolute atomic E-state index is 8.96. The predicted molar refractivity (Wildman–Crippen MR) is 75.7 cm³/mol. The summed E-state index contributed by atoms with van der Waals surface area (Å²) in [5, 5.41) is 12.4. The van der Waals surface area contributed by atoms with Gasteiger partial charge in [0.25, 0.3) is 0 Å². The van der Waals surface area contributed by atoms with Gasteiger partial charge in [0.2, 0.25) is 5.95 Å². The third-order valence-corrected chi connectivity index (χ3v) is 3.96. The SMILES string of the molecule is Cc1cc(C#N)nc(NC2CCCCC2C(C)C)n1. The Hall–Kier alpha value is -1.63. The van der Waals surface area contributed by atoms with Crippen LogP contribution in [0.1, 0.15) is 50.9 Å². The summed E-state index contributed by atoms with van der Waals surface area (Å²) in [7, 11) is 0. The third kappa shape index (κ3) is 3.44. The molecule has 1 aromatic rings. The number of aromatic nitrogens is 2. The van der Waals surface area contributed by atoms with Crippen LogP contribution in [0, 0.1) is 30.1 Å². The molecule has 2 rings (SSSR count). The van der Waals surface area contributed by atoms with Crippen molar-refractivity contribution in [1.29, 1.82) is 5.26 Å². The Balaban J connectivity index is 2.15. The van der Waals surface area contributed by atoms with E-state index < -0.39 is 0 Å². The summed E-state index contributed by atoms with van der Waals surface area (Å²) >= 11 is 0. The Morgan fingerprint density at radius 2 is 2.05 bits per heavy atom. The number of aryl methyl sites for hydroxylation is 1. The van der Waals surface area contributed by atoms with Crippen LogP contribution >= 0.6 is 0 Å². The van der Waals surface area contributed by atoms with Gasteiger partial charge in [-0.1, -0.05) is 26.7 Å². The molecule has 1 heterocycles. The molecule has 1 aliphatic carbocycles. The zero-order valence-corrected chi connectivity index (χ0v) is 12.0. The highest BCUT2D eigenvalue weighted by molar-refractivity contribution is 5.34. The minimum atomic E-state index is 0.432. The van der Waals surface area contributed by atoms with Crippen LogP contribution in [0.5, 0.6) is 0 Å². The van der Waals surface area contributed by atoms with Crippen molar-refractivity contribution in [1.82, 2.24) is 9.97 Å². The monoisotopic (exact) mass is 258 g/mol. The van der Waals surface area contributed by atoms with Gasteiger partial charge >= 0.3 is 0 Å². The first-order valence-electron chi connectivity index (χ1n) is 7.12. The second-order valence-corrected chi connectivity index (χ2v) is 5.77. The van der Waals surface area contributed by atoms with Crippen molar-refractivity contribution in [2.75, 3.05) is 5.32 Å². The zero-order chi connectivity index (χ0) is 13.8. The summed E-state index contributed by atoms with van der Waals surface area (Å²) in [6, 6.07) is 4.24. The van der Waals surface area contributed by atoms with Crippen LogP contribution < -0.4 is 5.32 Å². The van der Waals surface area contributed by atoms with E-state index in [2.05, 4.69) is 35.2 Å². The van der Waals surface area contributed by atoms with Crippen LogP contribution in [0.25, 0.3) is 0 Å². The van der Waals surface area contributed by atoms with E-state index >= 15 is 0 Å². The number of nitriles is 1. The molecule has 1 saturated carbocycles. The first-order chi connectivity index (χ1) is 9.10. The number of nitrogens with one attached hydrogen (secondary N) is 1. The number of hydrogen-bond donors (Lipinski definition) is 1. The van der Waals surface area contributed by atoms with Gasteiger partial charge in [-0.15, -0.1) is 0 Å². The molecule has 102 valence electrons. The minimum absolute atomic E-state index is 0.432. The molecule has 1 N–H and O–H groups in total. The van der Waals surface area contributed by atoms with E-state index in [1.165, 1.54) is 25.7 Å². The van der Waals surface area contributed by atoms with Crippen LogP contribution in [0.3, 0.4) is 0 Å². The lowest BCUT2D eigenvalue weighted by Gasteiger charge is -2.34. The largest absolute Gasteiger partial charge is 0.351 e. The molecular formula is C15H22N4. The molecule has 1 aromatic heterocycles. The molecule has 2 unspecified atom stereocenters. The summed E-state index contributed by atoms with van der Waals surface area (Å²) in [5.41, 5.74) is 1.28. The van der Waals surface area contributed by atoms with Gasteiger partial charge < -0.3 is 5.32 Å². The lowest BCUT2D eigenvalue weighted by Crippen LogP contribution is -2.35. The highest BCUT2D eigenvalue weighted by Gasteiger charge is 2.28. The maximum Gasteiger partial charge on any atom is 0.224 e. The first-order valence-corrected chi connectivity index (χ1v) is 7.12. The zero-order valence-electron chi connectivity index (χ0n) is 12.0. The molecule has 2 atom stereocenters. The molecular weight excluding hydrogens is 236 g/mol. The summed E-state index contributed by atoms with van der Waals surface area (Å²) in [6.07, 6.45) is 5.02. The Kier molecular flexibility index (Phi) is 4.36. The van der Waals surface area contributed by atoms with Crippen molar-refractivity contribution in [2.45, 2.75) is 52.5 Å². The molecule has 0 saturated heterocycles. The topological polar surface area (TPSA) is 61.6 Å². The van der Waals surface area contributed by atoms with Gasteiger partial charge in [0.1, 0.15) is 11.8 Å². The maximum atomic E-state index is 8.96. The molecule has 4 nitrogen and oxygen atoms in total. The van der Waals surface area contributed by atoms with E-state index in [4.69, 9.17) is 5.26 Å². The van der Waals surface area contributed by atoms with E-state index in [-0.39, 0.29) is 0 Å². The van der Waals surface area contributed by atoms with Gasteiger partial charge in [-0.05, 0) is 37.7 Å². The van der Waals surface area contributed by atoms with Crippen molar-refractivity contribution in [3.05, 3.63) is 17.5 Å². The normalized spacial score (nSPS) is 23.1. The van der Waals surface area contributed by atoms with Crippen LogP contribution in [-0.2, 0) is 0 Å². The lowest BCUT2D eigenvalue weighted by molar-refractivity contribution is 0.253. The highest BCUT2D eigenvalue weighted by atomic mass is 15.1. The fraction of sp³-hybridized carbons (Fsp3) is 0.667. The van der Waals surface area contributed by atoms with Crippen molar-refractivity contribution in [3.63, 3.8) is 0 Å². The fourth-order valence-corrected chi connectivity index (χ4v) is 2.99. The summed E-state index contributed by atoms with van der Waals surface area (Å²) < 4.78 is 0. The van der Waals surface area contributed by atoms with E-state index in [0.717, 1.165) is 5.69 Å². The van der Waals surface area contributed by atoms with E-state index in [0.29, 0.717) is 29.5 Å². The van der Waals surface area contributed by atoms with Gasteiger partial charge in [0.05, 0.1) is 0 Å². The second-order valence-electron chi connectivity index (χ2n) is 5.77. The Morgan fingerprint density at radius 1 is 1.32 bits per heavy atom. The predicted octanol–water partition coefficient (Wildman–Crippen LogP) is 3.28. The molecule has 0 aliphatic heterocycles. The molecule has 1 fully saturated rings. The van der Waals surface area contributed by atoms with E-state index in [1.54, 1.807) is 6.07 Å². The number of rotatable bonds is 3. The Bertz CT molecular complexity index is 476. The van der Waals surface area contributed by atoms with E-state index in [1.807, 2.05) is 6.92 Å². The van der Waals surface area contributed by atoms with Crippen molar-refractivity contribution in [2.24, 2.45) is 11.8 Å². The number of hydrogen-bond acceptors (Lipinski definition) is 4. The summed E-state index contributed by atoms with van der Waals surface area (Å²) in [5.74, 6) is 1.94. The molecule has 19 heavy (non-hydrogen) atoms. The van der Waals surface area contributed by atoms with Crippen LogP contribution in [0.15, 0.2) is 6.07 Å². The van der Waals surface area contributed by atoms with Gasteiger partial charge in [-0.2, -0.15) is 5.26 Å². The fourth-order valence-electron chi connectivity index (χ4n) is 2.99. The van der Waals surface area contributed by atoms with Gasteiger partial charge in [0, 0.05) is 11.7 Å². The smallest absolute Gasteiger partial charge is 0.224 e. The molecule has 0 radical (unpaired) electrons. The number of anilines is 1. The van der Waals surface area contributed by atoms with Crippen molar-refractivity contribution in [3.8, 4) is 6.07 Å². The average molecular weight is 258 g/mol. The average Bonchev–Trinajstić information content (AvgIpc) is 2.38. The molecule has 0 bridgehead atoms. The quantitative estimate of drug-likeness (QED) is 0.903. The van der Waals surface area contributed by atoms with Crippen LogP contribution in [0.4, 0.5) is 5.95 Å². The first kappa shape index (κ1) is 13.8. The molecule has 0 amide bonds. The van der Waals surface area contributed by atoms with Crippen molar-refractivity contribution >= 4 is 5.95 Å². The van der Waals surface area contributed by atoms with E-state index in [9.17, 15) is 0 Å². The second kappa shape index (κ2) is 6.01. The minimum Gasteiger partial charge on any atom is -0.351 e. The summed E-state index contributed by atoms with van der Waals surface area (Å²) in [4.78, 5) is 8.65. The summed E-state index contributed by atoms with van der Waals surface area (Å²) in [6.45, 7) is 6.46. The molecule has 4 heteroatoms. The third-order valence-electron chi connectivity index (χ3n) is 3.96. The molecule has 0 spiro atoms. The van der Waals surface area contributed by atoms with Crippen LogP contribution in [0.2, 0.25) is 0 Å². The van der Waals surface area contributed by atoms with Gasteiger partial charge in [-0.25, -0.2) is 9.97 Å².